The van der Waals surface area contributed by atoms with E-state index in [1.807, 2.05) is 33.8 Å². The number of nitrogens with one attached hydrogen (secondary N) is 1. The van der Waals surface area contributed by atoms with E-state index in [1.165, 1.54) is 0 Å². The molecule has 0 spiro atoms. The molecule has 1 aromatic rings. The van der Waals surface area contributed by atoms with Crippen molar-refractivity contribution in [2.45, 2.75) is 46.6 Å². The fourth-order valence-electron chi connectivity index (χ4n) is 1.42. The fraction of sp³-hybridized carbons (Fsp3) is 0.714. The zero-order valence-corrected chi connectivity index (χ0v) is 12.6. The topological polar surface area (TPSA) is 56.3 Å². The Hall–Kier alpha value is -1.36. The molecule has 0 saturated heterocycles. The van der Waals surface area contributed by atoms with Gasteiger partial charge in [0.2, 0.25) is 11.8 Å². The van der Waals surface area contributed by atoms with E-state index in [0.717, 1.165) is 18.7 Å². The predicted octanol–water partition coefficient (Wildman–Crippen LogP) is 2.80. The van der Waals surface area contributed by atoms with Gasteiger partial charge in [0.1, 0.15) is 6.61 Å². The predicted molar refractivity (Wildman–Crippen MR) is 76.7 cm³/mol. The molecular formula is C14H25N3O2. The molecular weight excluding hydrogens is 242 g/mol. The molecule has 0 aliphatic rings. The molecule has 0 atom stereocenters. The van der Waals surface area contributed by atoms with Gasteiger partial charge in [-0.3, -0.25) is 0 Å². The van der Waals surface area contributed by atoms with Gasteiger partial charge < -0.3 is 14.8 Å². The van der Waals surface area contributed by atoms with Crippen LogP contribution in [-0.4, -0.2) is 35.3 Å². The molecule has 108 valence electrons. The number of aromatic nitrogens is 2. The van der Waals surface area contributed by atoms with E-state index >= 15 is 0 Å². The van der Waals surface area contributed by atoms with Crippen LogP contribution in [0.2, 0.25) is 0 Å². The minimum absolute atomic E-state index is 0.140. The minimum atomic E-state index is -0.140. The maximum atomic E-state index is 5.59. The molecule has 1 heterocycles. The summed E-state index contributed by atoms with van der Waals surface area (Å²) in [5.41, 5.74) is 0.749. The van der Waals surface area contributed by atoms with Gasteiger partial charge in [0, 0.05) is 18.3 Å². The minimum Gasteiger partial charge on any atom is -0.475 e. The summed E-state index contributed by atoms with van der Waals surface area (Å²) in [6, 6.07) is 1.83. The number of ether oxygens (including phenoxy) is 2. The van der Waals surface area contributed by atoms with Crippen LogP contribution >= 0.6 is 0 Å². The van der Waals surface area contributed by atoms with Crippen LogP contribution in [-0.2, 0) is 4.74 Å². The summed E-state index contributed by atoms with van der Waals surface area (Å²) >= 11 is 0. The van der Waals surface area contributed by atoms with Gasteiger partial charge in [0.05, 0.1) is 12.2 Å². The van der Waals surface area contributed by atoms with Gasteiger partial charge in [-0.2, -0.15) is 4.98 Å². The second-order valence-electron chi connectivity index (χ2n) is 5.41. The Kier molecular flexibility index (Phi) is 6.02. The Morgan fingerprint density at radius 1 is 1.21 bits per heavy atom. The van der Waals surface area contributed by atoms with Crippen molar-refractivity contribution in [3.63, 3.8) is 0 Å². The molecule has 0 bridgehead atoms. The molecule has 1 N–H and O–H groups in total. The van der Waals surface area contributed by atoms with E-state index in [2.05, 4.69) is 22.2 Å². The third-order valence-electron chi connectivity index (χ3n) is 2.23. The molecule has 5 heteroatoms. The highest BCUT2D eigenvalue weighted by atomic mass is 16.5. The Morgan fingerprint density at radius 3 is 2.58 bits per heavy atom. The first-order chi connectivity index (χ1) is 8.90. The lowest BCUT2D eigenvalue weighted by atomic mass is 10.2. The molecule has 0 saturated carbocycles. The van der Waals surface area contributed by atoms with Crippen molar-refractivity contribution < 1.29 is 9.47 Å². The van der Waals surface area contributed by atoms with Crippen molar-refractivity contribution in [1.82, 2.24) is 9.97 Å². The zero-order chi connectivity index (χ0) is 14.3. The molecule has 0 aliphatic carbocycles. The van der Waals surface area contributed by atoms with Crippen molar-refractivity contribution in [3.05, 3.63) is 11.8 Å². The monoisotopic (exact) mass is 267 g/mol. The average molecular weight is 267 g/mol. The fourth-order valence-corrected chi connectivity index (χ4v) is 1.42. The van der Waals surface area contributed by atoms with Crippen molar-refractivity contribution in [2.24, 2.45) is 0 Å². The van der Waals surface area contributed by atoms with E-state index in [1.54, 1.807) is 0 Å². The third-order valence-corrected chi connectivity index (χ3v) is 2.23. The van der Waals surface area contributed by atoms with Crippen LogP contribution in [0.4, 0.5) is 5.95 Å². The van der Waals surface area contributed by atoms with Crippen molar-refractivity contribution in [1.29, 1.82) is 0 Å². The molecule has 1 aromatic heterocycles. The Bertz CT molecular complexity index is 389. The van der Waals surface area contributed by atoms with E-state index in [0.29, 0.717) is 25.0 Å². The molecule has 1 rings (SSSR count). The van der Waals surface area contributed by atoms with Gasteiger partial charge in [-0.15, -0.1) is 0 Å². The maximum Gasteiger partial charge on any atom is 0.226 e. The summed E-state index contributed by atoms with van der Waals surface area (Å²) in [6.45, 7) is 12.0. The third kappa shape index (κ3) is 6.96. The van der Waals surface area contributed by atoms with E-state index in [4.69, 9.17) is 9.47 Å². The van der Waals surface area contributed by atoms with Gasteiger partial charge in [-0.05, 0) is 34.1 Å². The quantitative estimate of drug-likeness (QED) is 0.770. The van der Waals surface area contributed by atoms with E-state index < -0.39 is 0 Å². The van der Waals surface area contributed by atoms with Crippen LogP contribution in [0, 0.1) is 6.92 Å². The van der Waals surface area contributed by atoms with Crippen LogP contribution in [0.5, 0.6) is 5.88 Å². The summed E-state index contributed by atoms with van der Waals surface area (Å²) < 4.78 is 11.2. The normalized spacial score (nSPS) is 11.4. The lowest BCUT2D eigenvalue weighted by molar-refractivity contribution is -0.0168. The van der Waals surface area contributed by atoms with E-state index in [9.17, 15) is 0 Å². The molecule has 0 fully saturated rings. The molecule has 5 nitrogen and oxygen atoms in total. The molecule has 0 aromatic carbocycles. The summed E-state index contributed by atoms with van der Waals surface area (Å²) in [4.78, 5) is 8.61. The first kappa shape index (κ1) is 15.7. The first-order valence-corrected chi connectivity index (χ1v) is 6.77. The highest BCUT2D eigenvalue weighted by Gasteiger charge is 2.09. The summed E-state index contributed by atoms with van der Waals surface area (Å²) in [6.07, 6.45) is 1.03. The number of anilines is 1. The molecule has 0 radical (unpaired) electrons. The number of rotatable bonds is 7. The van der Waals surface area contributed by atoms with Crippen molar-refractivity contribution in [2.75, 3.05) is 25.1 Å². The van der Waals surface area contributed by atoms with Gasteiger partial charge in [-0.1, -0.05) is 6.92 Å². The average Bonchev–Trinajstić information content (AvgIpc) is 2.30. The number of nitrogens with zero attached hydrogens (tertiary/aromatic N) is 2. The lowest BCUT2D eigenvalue weighted by Crippen LogP contribution is -2.22. The summed E-state index contributed by atoms with van der Waals surface area (Å²) in [5, 5.41) is 3.16. The van der Waals surface area contributed by atoms with Crippen molar-refractivity contribution >= 4 is 5.95 Å². The second kappa shape index (κ2) is 7.28. The SMILES string of the molecule is CCCNc1nc(C)cc(OCCOC(C)(C)C)n1. The Labute approximate surface area is 115 Å². The van der Waals surface area contributed by atoms with Crippen LogP contribution < -0.4 is 10.1 Å². The number of hydrogen-bond acceptors (Lipinski definition) is 5. The van der Waals surface area contributed by atoms with Crippen molar-refractivity contribution in [3.8, 4) is 5.88 Å². The summed E-state index contributed by atoms with van der Waals surface area (Å²) in [7, 11) is 0. The number of hydrogen-bond donors (Lipinski definition) is 1. The van der Waals surface area contributed by atoms with Gasteiger partial charge >= 0.3 is 0 Å². The first-order valence-electron chi connectivity index (χ1n) is 6.77. The smallest absolute Gasteiger partial charge is 0.226 e. The van der Waals surface area contributed by atoms with Gasteiger partial charge in [-0.25, -0.2) is 4.98 Å². The Balaban J connectivity index is 2.46. The van der Waals surface area contributed by atoms with Crippen LogP contribution in [0.25, 0.3) is 0 Å². The van der Waals surface area contributed by atoms with Gasteiger partial charge in [0.15, 0.2) is 0 Å². The zero-order valence-electron chi connectivity index (χ0n) is 12.6. The largest absolute Gasteiger partial charge is 0.475 e. The van der Waals surface area contributed by atoms with Crippen LogP contribution in [0.1, 0.15) is 39.8 Å². The standard InChI is InChI=1S/C14H25N3O2/c1-6-7-15-13-16-11(2)10-12(17-13)18-8-9-19-14(3,4)5/h10H,6-9H2,1-5H3,(H,15,16,17). The summed E-state index contributed by atoms with van der Waals surface area (Å²) in [5.74, 6) is 1.21. The van der Waals surface area contributed by atoms with Crippen LogP contribution in [0.3, 0.4) is 0 Å². The van der Waals surface area contributed by atoms with E-state index in [-0.39, 0.29) is 5.60 Å². The lowest BCUT2D eigenvalue weighted by Gasteiger charge is -2.19. The molecule has 0 unspecified atom stereocenters. The number of aryl methyl sites for hydroxylation is 1. The highest BCUT2D eigenvalue weighted by molar-refractivity contribution is 5.30. The highest BCUT2D eigenvalue weighted by Crippen LogP contribution is 2.12. The maximum absolute atomic E-state index is 5.59. The molecule has 0 amide bonds. The molecule has 0 aliphatic heterocycles. The molecule has 19 heavy (non-hydrogen) atoms. The Morgan fingerprint density at radius 2 is 1.95 bits per heavy atom. The van der Waals surface area contributed by atoms with Gasteiger partial charge in [0.25, 0.3) is 0 Å². The second-order valence-corrected chi connectivity index (χ2v) is 5.41. The van der Waals surface area contributed by atoms with Crippen LogP contribution in [0.15, 0.2) is 6.07 Å².